The Morgan fingerprint density at radius 1 is 1.62 bits per heavy atom. The van der Waals surface area contributed by atoms with Crippen molar-refractivity contribution in [3.63, 3.8) is 0 Å². The monoisotopic (exact) mass is 225 g/mol. The SMILES string of the molecule is Cl.Cl.O=C(O)C1NCc2[nH]ncc21. The second-order valence-corrected chi connectivity index (χ2v) is 2.46. The van der Waals surface area contributed by atoms with Crippen LogP contribution in [0.4, 0.5) is 0 Å². The zero-order valence-electron chi connectivity index (χ0n) is 6.48. The number of hydrogen-bond acceptors (Lipinski definition) is 3. The van der Waals surface area contributed by atoms with Crippen molar-refractivity contribution in [2.75, 3.05) is 0 Å². The molecule has 1 aromatic rings. The van der Waals surface area contributed by atoms with E-state index in [0.29, 0.717) is 6.54 Å². The number of aromatic amines is 1. The number of fused-ring (bicyclic) bond motifs is 1. The molecule has 0 fully saturated rings. The first-order chi connectivity index (χ1) is 5.29. The molecule has 5 nitrogen and oxygen atoms in total. The van der Waals surface area contributed by atoms with E-state index >= 15 is 0 Å². The van der Waals surface area contributed by atoms with E-state index in [-0.39, 0.29) is 24.8 Å². The van der Waals surface area contributed by atoms with Crippen molar-refractivity contribution in [3.8, 4) is 0 Å². The van der Waals surface area contributed by atoms with Crippen molar-refractivity contribution in [1.29, 1.82) is 0 Å². The van der Waals surface area contributed by atoms with Crippen LogP contribution in [-0.2, 0) is 11.3 Å². The average Bonchev–Trinajstić information content (AvgIpc) is 2.41. The first kappa shape index (κ1) is 12.2. The lowest BCUT2D eigenvalue weighted by atomic mass is 10.2. The molecule has 13 heavy (non-hydrogen) atoms. The Bertz CT molecular complexity index is 302. The van der Waals surface area contributed by atoms with Gasteiger partial charge in [0.15, 0.2) is 0 Å². The Morgan fingerprint density at radius 3 is 2.92 bits per heavy atom. The molecule has 0 amide bonds. The Kier molecular flexibility index (Phi) is 4.19. The number of nitrogens with one attached hydrogen (secondary N) is 2. The van der Waals surface area contributed by atoms with Crippen LogP contribution in [0, 0.1) is 0 Å². The number of aromatic nitrogens is 2. The molecule has 0 aliphatic carbocycles. The Labute approximate surface area is 86.7 Å². The Hall–Kier alpha value is -0.780. The molecule has 1 aliphatic rings. The van der Waals surface area contributed by atoms with Gasteiger partial charge in [0.2, 0.25) is 0 Å². The molecule has 1 unspecified atom stereocenters. The summed E-state index contributed by atoms with van der Waals surface area (Å²) in [5.74, 6) is -0.856. The zero-order valence-corrected chi connectivity index (χ0v) is 8.11. The molecule has 74 valence electrons. The average molecular weight is 226 g/mol. The fraction of sp³-hybridized carbons (Fsp3) is 0.333. The Balaban J connectivity index is 0.000000720. The van der Waals surface area contributed by atoms with Gasteiger partial charge in [0.05, 0.1) is 11.9 Å². The van der Waals surface area contributed by atoms with Crippen LogP contribution in [0.2, 0.25) is 0 Å². The van der Waals surface area contributed by atoms with E-state index < -0.39 is 12.0 Å². The van der Waals surface area contributed by atoms with Gasteiger partial charge in [0.25, 0.3) is 0 Å². The normalized spacial score (nSPS) is 18.3. The van der Waals surface area contributed by atoms with Gasteiger partial charge in [-0.25, -0.2) is 0 Å². The quantitative estimate of drug-likeness (QED) is 0.650. The van der Waals surface area contributed by atoms with Gasteiger partial charge in [-0.2, -0.15) is 5.10 Å². The molecule has 0 bridgehead atoms. The third-order valence-electron chi connectivity index (χ3n) is 1.79. The van der Waals surface area contributed by atoms with E-state index in [1.165, 1.54) is 0 Å². The number of nitrogens with zero attached hydrogens (tertiary/aromatic N) is 1. The number of H-pyrrole nitrogens is 1. The van der Waals surface area contributed by atoms with Gasteiger partial charge < -0.3 is 5.11 Å². The van der Waals surface area contributed by atoms with Crippen LogP contribution in [0.5, 0.6) is 0 Å². The van der Waals surface area contributed by atoms with E-state index in [9.17, 15) is 4.79 Å². The molecule has 0 aromatic carbocycles. The molecular formula is C6H9Cl2N3O2. The minimum Gasteiger partial charge on any atom is -0.480 e. The summed E-state index contributed by atoms with van der Waals surface area (Å²) in [4.78, 5) is 10.6. The summed E-state index contributed by atoms with van der Waals surface area (Å²) >= 11 is 0. The van der Waals surface area contributed by atoms with Crippen LogP contribution in [0.15, 0.2) is 6.20 Å². The summed E-state index contributed by atoms with van der Waals surface area (Å²) in [6, 6.07) is -0.580. The smallest absolute Gasteiger partial charge is 0.325 e. The van der Waals surface area contributed by atoms with E-state index in [1.807, 2.05) is 0 Å². The summed E-state index contributed by atoms with van der Waals surface area (Å²) in [6.45, 7) is 0.562. The minimum atomic E-state index is -0.856. The third-order valence-corrected chi connectivity index (χ3v) is 1.79. The third kappa shape index (κ3) is 1.93. The predicted octanol–water partition coefficient (Wildman–Crippen LogP) is 0.482. The molecule has 3 N–H and O–H groups in total. The van der Waals surface area contributed by atoms with Gasteiger partial charge in [0, 0.05) is 12.1 Å². The van der Waals surface area contributed by atoms with E-state index in [1.54, 1.807) is 6.20 Å². The van der Waals surface area contributed by atoms with Crippen molar-refractivity contribution in [1.82, 2.24) is 15.5 Å². The van der Waals surface area contributed by atoms with Crippen molar-refractivity contribution >= 4 is 30.8 Å². The maximum Gasteiger partial charge on any atom is 0.325 e. The predicted molar refractivity (Wildman–Crippen MR) is 50.3 cm³/mol. The molecule has 0 saturated carbocycles. The maximum absolute atomic E-state index is 10.6. The number of aliphatic carboxylic acids is 1. The van der Waals surface area contributed by atoms with Crippen LogP contribution in [0.1, 0.15) is 17.3 Å². The van der Waals surface area contributed by atoms with Gasteiger partial charge in [0.1, 0.15) is 6.04 Å². The van der Waals surface area contributed by atoms with Crippen LogP contribution in [-0.4, -0.2) is 21.3 Å². The van der Waals surface area contributed by atoms with Crippen LogP contribution in [0.25, 0.3) is 0 Å². The maximum atomic E-state index is 10.6. The van der Waals surface area contributed by atoms with Crippen LogP contribution in [0.3, 0.4) is 0 Å². The van der Waals surface area contributed by atoms with Gasteiger partial charge in [-0.3, -0.25) is 15.2 Å². The highest BCUT2D eigenvalue weighted by Crippen LogP contribution is 2.22. The van der Waals surface area contributed by atoms with Crippen molar-refractivity contribution in [3.05, 3.63) is 17.5 Å². The zero-order chi connectivity index (χ0) is 7.84. The molecule has 1 aliphatic heterocycles. The van der Waals surface area contributed by atoms with Gasteiger partial charge in [-0.15, -0.1) is 24.8 Å². The van der Waals surface area contributed by atoms with E-state index in [0.717, 1.165) is 11.3 Å². The highest BCUT2D eigenvalue weighted by molar-refractivity contribution is 5.85. The summed E-state index contributed by atoms with van der Waals surface area (Å²) in [7, 11) is 0. The highest BCUT2D eigenvalue weighted by Gasteiger charge is 2.28. The molecule has 7 heteroatoms. The van der Waals surface area contributed by atoms with E-state index in [4.69, 9.17) is 5.11 Å². The fourth-order valence-electron chi connectivity index (χ4n) is 1.25. The number of halogens is 2. The fourth-order valence-corrected chi connectivity index (χ4v) is 1.25. The van der Waals surface area contributed by atoms with Crippen LogP contribution < -0.4 is 5.32 Å². The summed E-state index contributed by atoms with van der Waals surface area (Å²) < 4.78 is 0. The molecule has 0 spiro atoms. The summed E-state index contributed by atoms with van der Waals surface area (Å²) in [5.41, 5.74) is 1.62. The molecule has 2 heterocycles. The second kappa shape index (κ2) is 4.45. The topological polar surface area (TPSA) is 78.0 Å². The molecular weight excluding hydrogens is 217 g/mol. The minimum absolute atomic E-state index is 0. The first-order valence-electron chi connectivity index (χ1n) is 3.27. The van der Waals surface area contributed by atoms with Crippen molar-refractivity contribution in [2.24, 2.45) is 0 Å². The lowest BCUT2D eigenvalue weighted by Gasteiger charge is -2.01. The molecule has 2 rings (SSSR count). The molecule has 0 radical (unpaired) electrons. The van der Waals surface area contributed by atoms with Crippen LogP contribution >= 0.6 is 24.8 Å². The van der Waals surface area contributed by atoms with Gasteiger partial charge in [-0.05, 0) is 0 Å². The van der Waals surface area contributed by atoms with Crippen molar-refractivity contribution < 1.29 is 9.90 Å². The number of carboxylic acid groups (broad SMARTS) is 1. The standard InChI is InChI=1S/C6H7N3O2.2ClH/c10-6(11)5-3-1-8-9-4(3)2-7-5;;/h1,5,7H,2H2,(H,8,9)(H,10,11);2*1H. The van der Waals surface area contributed by atoms with Gasteiger partial charge >= 0.3 is 5.97 Å². The van der Waals surface area contributed by atoms with Crippen molar-refractivity contribution in [2.45, 2.75) is 12.6 Å². The summed E-state index contributed by atoms with van der Waals surface area (Å²) in [5, 5.41) is 18.0. The number of rotatable bonds is 1. The first-order valence-corrected chi connectivity index (χ1v) is 3.27. The molecule has 1 atom stereocenters. The lowest BCUT2D eigenvalue weighted by Crippen LogP contribution is -2.21. The lowest BCUT2D eigenvalue weighted by molar-refractivity contribution is -0.139. The number of carbonyl (C=O) groups is 1. The summed E-state index contributed by atoms with van der Waals surface area (Å²) in [6.07, 6.45) is 1.55. The Morgan fingerprint density at radius 2 is 2.31 bits per heavy atom. The molecule has 1 aromatic heterocycles. The number of hydrogen-bond donors (Lipinski definition) is 3. The molecule has 0 saturated heterocycles. The second-order valence-electron chi connectivity index (χ2n) is 2.46. The van der Waals surface area contributed by atoms with Gasteiger partial charge in [-0.1, -0.05) is 0 Å². The highest BCUT2D eigenvalue weighted by atomic mass is 35.5. The number of carboxylic acids is 1. The van der Waals surface area contributed by atoms with E-state index in [2.05, 4.69) is 15.5 Å². The largest absolute Gasteiger partial charge is 0.480 e.